The van der Waals surface area contributed by atoms with Crippen LogP contribution in [-0.4, -0.2) is 10.4 Å². The lowest BCUT2D eigenvalue weighted by Crippen LogP contribution is -1.93. The Labute approximate surface area is 75.1 Å². The van der Waals surface area contributed by atoms with Gasteiger partial charge >= 0.3 is 0 Å². The van der Waals surface area contributed by atoms with Crippen molar-refractivity contribution in [2.24, 2.45) is 10.9 Å². The minimum absolute atomic E-state index is 0.387. The molecule has 0 saturated heterocycles. The number of nitrogens with zero attached hydrogens (tertiary/aromatic N) is 1. The summed E-state index contributed by atoms with van der Waals surface area (Å²) >= 11 is 2.05. The third-order valence-corrected chi connectivity index (χ3v) is 1.43. The van der Waals surface area contributed by atoms with E-state index in [4.69, 9.17) is 5.41 Å². The summed E-state index contributed by atoms with van der Waals surface area (Å²) in [7, 11) is 0. The highest BCUT2D eigenvalue weighted by atomic mass is 127. The molecular formula is C7H11IN2. The molecule has 0 heterocycles. The lowest BCUT2D eigenvalue weighted by atomic mass is 10.1. The Morgan fingerprint density at radius 3 is 2.50 bits per heavy atom. The van der Waals surface area contributed by atoms with Crippen LogP contribution in [0.15, 0.2) is 16.8 Å². The summed E-state index contributed by atoms with van der Waals surface area (Å²) in [4.78, 5) is 3.91. The second-order valence-corrected chi connectivity index (χ2v) is 2.73. The molecule has 10 heavy (non-hydrogen) atoms. The summed E-state index contributed by atoms with van der Waals surface area (Å²) in [6.45, 7) is 4.08. The van der Waals surface area contributed by atoms with Gasteiger partial charge in [0.2, 0.25) is 0 Å². The molecule has 56 valence electrons. The Hall–Kier alpha value is -0.190. The smallest absolute Gasteiger partial charge is 0.0651 e. The minimum atomic E-state index is 0.387. The topological polar surface area (TPSA) is 36.2 Å². The molecule has 0 fully saturated rings. The number of halogens is 1. The maximum atomic E-state index is 7.00. The summed E-state index contributed by atoms with van der Waals surface area (Å²) in [5.74, 6) is 0.387. The molecule has 1 N–H and O–H groups in total. The average molecular weight is 250 g/mol. The van der Waals surface area contributed by atoms with Crippen molar-refractivity contribution in [3.05, 3.63) is 11.8 Å². The van der Waals surface area contributed by atoms with Crippen LogP contribution in [-0.2, 0) is 0 Å². The quantitative estimate of drug-likeness (QED) is 0.590. The molecule has 0 unspecified atom stereocenters. The molecule has 0 aromatic heterocycles. The van der Waals surface area contributed by atoms with Crippen molar-refractivity contribution >= 4 is 33.0 Å². The van der Waals surface area contributed by atoms with Crippen molar-refractivity contribution in [3.63, 3.8) is 0 Å². The van der Waals surface area contributed by atoms with Crippen molar-refractivity contribution in [2.45, 2.75) is 13.8 Å². The highest BCUT2D eigenvalue weighted by Crippen LogP contribution is 2.05. The van der Waals surface area contributed by atoms with Crippen LogP contribution in [0.5, 0.6) is 0 Å². The van der Waals surface area contributed by atoms with Gasteiger partial charge in [-0.3, -0.25) is 4.99 Å². The first-order valence-corrected chi connectivity index (χ1v) is 4.29. The van der Waals surface area contributed by atoms with E-state index in [0.717, 1.165) is 5.57 Å². The Morgan fingerprint density at radius 1 is 1.60 bits per heavy atom. The normalized spacial score (nSPS) is 13.0. The van der Waals surface area contributed by atoms with Crippen LogP contribution < -0.4 is 0 Å². The van der Waals surface area contributed by atoms with Gasteiger partial charge in [-0.2, -0.15) is 0 Å². The standard InChI is InChI=1S/C7H11IN2/c1-6(2)7(3-9)4-10-5-8/h3-6,9H,1-2H3/b7-4+,9-3?,10-5?. The van der Waals surface area contributed by atoms with Gasteiger partial charge in [-0.15, -0.1) is 0 Å². The number of nitrogens with one attached hydrogen (secondary N) is 1. The van der Waals surface area contributed by atoms with Crippen LogP contribution in [0.4, 0.5) is 0 Å². The molecule has 0 spiro atoms. The molecule has 0 amide bonds. The molecule has 3 heteroatoms. The van der Waals surface area contributed by atoms with E-state index in [0.29, 0.717) is 5.92 Å². The minimum Gasteiger partial charge on any atom is -0.308 e. The van der Waals surface area contributed by atoms with Crippen molar-refractivity contribution in [3.8, 4) is 0 Å². The number of allylic oxidation sites excluding steroid dienone is 1. The Balaban J connectivity index is 4.18. The molecular weight excluding hydrogens is 239 g/mol. The van der Waals surface area contributed by atoms with E-state index in [1.807, 2.05) is 36.4 Å². The summed E-state index contributed by atoms with van der Waals surface area (Å²) in [6.07, 6.45) is 3.05. The summed E-state index contributed by atoms with van der Waals surface area (Å²) < 4.78 is 1.68. The van der Waals surface area contributed by atoms with Crippen molar-refractivity contribution in [1.29, 1.82) is 5.41 Å². The zero-order valence-corrected chi connectivity index (χ0v) is 8.29. The van der Waals surface area contributed by atoms with Crippen molar-refractivity contribution in [1.82, 2.24) is 0 Å². The highest BCUT2D eigenvalue weighted by molar-refractivity contribution is 14.1. The van der Waals surface area contributed by atoms with Crippen molar-refractivity contribution in [2.75, 3.05) is 0 Å². The lowest BCUT2D eigenvalue weighted by Gasteiger charge is -2.00. The van der Waals surface area contributed by atoms with E-state index < -0.39 is 0 Å². The predicted molar refractivity (Wildman–Crippen MR) is 54.2 cm³/mol. The zero-order valence-electron chi connectivity index (χ0n) is 6.13. The van der Waals surface area contributed by atoms with Crippen LogP contribution in [0.1, 0.15) is 13.8 Å². The van der Waals surface area contributed by atoms with Gasteiger partial charge in [-0.1, -0.05) is 13.8 Å². The van der Waals surface area contributed by atoms with Gasteiger partial charge in [0.05, 0.1) is 4.22 Å². The molecule has 0 atom stereocenters. The number of aliphatic imine (C=N–C) groups is 1. The van der Waals surface area contributed by atoms with E-state index in [1.54, 1.807) is 10.4 Å². The number of hydrogen-bond donors (Lipinski definition) is 1. The van der Waals surface area contributed by atoms with Gasteiger partial charge in [-0.25, -0.2) is 0 Å². The van der Waals surface area contributed by atoms with Gasteiger partial charge in [0.25, 0.3) is 0 Å². The fourth-order valence-electron chi connectivity index (χ4n) is 0.467. The van der Waals surface area contributed by atoms with E-state index in [-0.39, 0.29) is 0 Å². The molecule has 0 aromatic carbocycles. The third kappa shape index (κ3) is 3.76. The molecule has 0 saturated carbocycles. The molecule has 0 aromatic rings. The molecule has 0 rings (SSSR count). The summed E-state index contributed by atoms with van der Waals surface area (Å²) in [5, 5.41) is 7.00. The highest BCUT2D eigenvalue weighted by Gasteiger charge is 1.96. The molecule has 0 radical (unpaired) electrons. The van der Waals surface area contributed by atoms with Crippen LogP contribution in [0.3, 0.4) is 0 Å². The number of hydrogen-bond acceptors (Lipinski definition) is 2. The fourth-order valence-corrected chi connectivity index (χ4v) is 0.628. The average Bonchev–Trinajstić information content (AvgIpc) is 1.89. The largest absolute Gasteiger partial charge is 0.308 e. The first kappa shape index (κ1) is 9.81. The maximum absolute atomic E-state index is 7.00. The van der Waals surface area contributed by atoms with Gasteiger partial charge in [0.1, 0.15) is 0 Å². The van der Waals surface area contributed by atoms with Crippen molar-refractivity contribution < 1.29 is 0 Å². The van der Waals surface area contributed by atoms with Crippen LogP contribution in [0, 0.1) is 11.3 Å². The van der Waals surface area contributed by atoms with E-state index in [2.05, 4.69) is 4.99 Å². The van der Waals surface area contributed by atoms with E-state index >= 15 is 0 Å². The van der Waals surface area contributed by atoms with Crippen LogP contribution >= 0.6 is 22.6 Å². The Bertz CT molecular complexity index is 159. The Kier molecular flexibility index (Phi) is 5.48. The first-order chi connectivity index (χ1) is 4.72. The molecule has 0 aliphatic rings. The van der Waals surface area contributed by atoms with E-state index in [9.17, 15) is 0 Å². The molecule has 0 aliphatic heterocycles. The molecule has 0 aliphatic carbocycles. The third-order valence-electron chi connectivity index (χ3n) is 1.11. The van der Waals surface area contributed by atoms with Gasteiger partial charge in [-0.05, 0) is 34.1 Å². The second-order valence-electron chi connectivity index (χ2n) is 2.17. The predicted octanol–water partition coefficient (Wildman–Crippen LogP) is 2.64. The SMILES string of the molecule is CC(C)/C(C=N)=C/N=CI. The Morgan fingerprint density at radius 2 is 2.20 bits per heavy atom. The van der Waals surface area contributed by atoms with Crippen LogP contribution in [0.2, 0.25) is 0 Å². The fraction of sp³-hybridized carbons (Fsp3) is 0.429. The van der Waals surface area contributed by atoms with Gasteiger partial charge < -0.3 is 5.41 Å². The molecule has 0 bridgehead atoms. The van der Waals surface area contributed by atoms with Gasteiger partial charge in [0, 0.05) is 12.4 Å². The van der Waals surface area contributed by atoms with E-state index in [1.165, 1.54) is 6.21 Å². The second kappa shape index (κ2) is 5.58. The van der Waals surface area contributed by atoms with Crippen LogP contribution in [0.25, 0.3) is 0 Å². The lowest BCUT2D eigenvalue weighted by molar-refractivity contribution is 0.803. The molecule has 2 nitrogen and oxygen atoms in total. The number of rotatable bonds is 3. The summed E-state index contributed by atoms with van der Waals surface area (Å²) in [5.41, 5.74) is 0.952. The first-order valence-electron chi connectivity index (χ1n) is 3.04. The van der Waals surface area contributed by atoms with Gasteiger partial charge in [0.15, 0.2) is 0 Å². The maximum Gasteiger partial charge on any atom is 0.0651 e. The zero-order chi connectivity index (χ0) is 7.98. The monoisotopic (exact) mass is 250 g/mol. The summed E-state index contributed by atoms with van der Waals surface area (Å²) in [6, 6.07) is 0.